The zero-order chi connectivity index (χ0) is 20.6. The lowest BCUT2D eigenvalue weighted by atomic mass is 9.85. The molecule has 1 aliphatic heterocycles. The summed E-state index contributed by atoms with van der Waals surface area (Å²) in [5, 5.41) is 3.57. The van der Waals surface area contributed by atoms with Crippen molar-refractivity contribution in [1.82, 2.24) is 9.36 Å². The summed E-state index contributed by atoms with van der Waals surface area (Å²) >= 11 is 0. The molecular formula is C24H28N4O. The van der Waals surface area contributed by atoms with Crippen molar-refractivity contribution < 1.29 is 0 Å². The molecule has 0 bridgehead atoms. The van der Waals surface area contributed by atoms with Crippen molar-refractivity contribution in [2.45, 2.75) is 45.6 Å². The molecule has 1 aliphatic rings. The Balaban J connectivity index is 1.90. The van der Waals surface area contributed by atoms with Crippen LogP contribution in [-0.4, -0.2) is 20.7 Å². The maximum absolute atomic E-state index is 12.9. The van der Waals surface area contributed by atoms with Gasteiger partial charge in [0.2, 0.25) is 0 Å². The van der Waals surface area contributed by atoms with Gasteiger partial charge >= 0.3 is 0 Å². The smallest absolute Gasteiger partial charge is 0.272 e. The second kappa shape index (κ2) is 7.39. The number of aromatic nitrogens is 2. The molecule has 2 heterocycles. The van der Waals surface area contributed by atoms with Crippen LogP contribution in [0.3, 0.4) is 0 Å². The molecule has 0 saturated heterocycles. The predicted molar refractivity (Wildman–Crippen MR) is 119 cm³/mol. The van der Waals surface area contributed by atoms with Crippen molar-refractivity contribution in [1.29, 1.82) is 0 Å². The van der Waals surface area contributed by atoms with E-state index < -0.39 is 0 Å². The molecule has 1 atom stereocenters. The van der Waals surface area contributed by atoms with E-state index in [2.05, 4.69) is 37.4 Å². The van der Waals surface area contributed by atoms with Gasteiger partial charge in [-0.15, -0.1) is 0 Å². The average Bonchev–Trinajstić information content (AvgIpc) is 2.98. The molecule has 150 valence electrons. The maximum atomic E-state index is 12.9. The van der Waals surface area contributed by atoms with Gasteiger partial charge in [0.25, 0.3) is 5.56 Å². The van der Waals surface area contributed by atoms with Crippen molar-refractivity contribution in [2.24, 2.45) is 12.0 Å². The third-order valence-electron chi connectivity index (χ3n) is 5.93. The van der Waals surface area contributed by atoms with Gasteiger partial charge in [0.05, 0.1) is 16.8 Å². The van der Waals surface area contributed by atoms with E-state index in [1.165, 1.54) is 5.56 Å². The molecule has 1 unspecified atom stereocenters. The molecule has 0 spiro atoms. The van der Waals surface area contributed by atoms with Crippen LogP contribution >= 0.6 is 0 Å². The largest absolute Gasteiger partial charge is 0.324 e. The minimum atomic E-state index is -0.157. The van der Waals surface area contributed by atoms with Crippen molar-refractivity contribution in [3.05, 3.63) is 81.6 Å². The summed E-state index contributed by atoms with van der Waals surface area (Å²) in [5.41, 5.74) is 3.96. The van der Waals surface area contributed by atoms with E-state index >= 15 is 0 Å². The summed E-state index contributed by atoms with van der Waals surface area (Å²) in [6.45, 7) is 6.39. The Morgan fingerprint density at radius 2 is 1.76 bits per heavy atom. The molecular weight excluding hydrogens is 360 g/mol. The van der Waals surface area contributed by atoms with Crippen LogP contribution < -0.4 is 10.9 Å². The molecule has 5 heteroatoms. The van der Waals surface area contributed by atoms with E-state index in [0.717, 1.165) is 41.3 Å². The van der Waals surface area contributed by atoms with E-state index in [-0.39, 0.29) is 11.1 Å². The second-order valence-corrected chi connectivity index (χ2v) is 7.93. The number of rotatable bonds is 4. The third-order valence-corrected chi connectivity index (χ3v) is 5.93. The monoisotopic (exact) mass is 388 g/mol. The molecule has 2 aromatic carbocycles. The lowest BCUT2D eigenvalue weighted by Gasteiger charge is -2.32. The third kappa shape index (κ3) is 3.31. The number of nitrogens with zero attached hydrogens (tertiary/aromatic N) is 3. The van der Waals surface area contributed by atoms with E-state index in [9.17, 15) is 4.79 Å². The second-order valence-electron chi connectivity index (χ2n) is 7.93. The standard InChI is InChI=1S/C24H28N4O/c1-5-19-22(28(27(4)23(19)29)18-13-8-7-9-14-18)25-21-20-15-11-10-12-17(20)16-24(3,6-2)26-21/h7-15H,5-6,16H2,1-4H3,(H,25,26). The van der Waals surface area contributed by atoms with Gasteiger partial charge in [-0.25, -0.2) is 9.36 Å². The minimum absolute atomic E-state index is 0.0156. The summed E-state index contributed by atoms with van der Waals surface area (Å²) < 4.78 is 3.62. The number of nitrogens with one attached hydrogen (secondary N) is 1. The van der Waals surface area contributed by atoms with Crippen molar-refractivity contribution in [2.75, 3.05) is 5.32 Å². The zero-order valence-electron chi connectivity index (χ0n) is 17.6. The average molecular weight is 389 g/mol. The van der Waals surface area contributed by atoms with E-state index in [4.69, 9.17) is 4.99 Å². The van der Waals surface area contributed by atoms with Crippen molar-refractivity contribution >= 4 is 11.7 Å². The highest BCUT2D eigenvalue weighted by Gasteiger charge is 2.30. The van der Waals surface area contributed by atoms with Gasteiger partial charge in [-0.2, -0.15) is 0 Å². The van der Waals surface area contributed by atoms with Gasteiger partial charge in [0.15, 0.2) is 0 Å². The summed E-state index contributed by atoms with van der Waals surface area (Å²) in [4.78, 5) is 18.0. The first-order valence-corrected chi connectivity index (χ1v) is 10.3. The van der Waals surface area contributed by atoms with Crippen LogP contribution in [0.15, 0.2) is 64.4 Å². The summed E-state index contributed by atoms with van der Waals surface area (Å²) in [7, 11) is 1.81. The first-order valence-electron chi connectivity index (χ1n) is 10.3. The first kappa shape index (κ1) is 19.2. The van der Waals surface area contributed by atoms with Gasteiger partial charge in [-0.1, -0.05) is 56.3 Å². The highest BCUT2D eigenvalue weighted by Crippen LogP contribution is 2.31. The quantitative estimate of drug-likeness (QED) is 0.724. The Morgan fingerprint density at radius 1 is 1.07 bits per heavy atom. The first-order chi connectivity index (χ1) is 14.0. The fourth-order valence-corrected chi connectivity index (χ4v) is 4.08. The fraction of sp³-hybridized carbons (Fsp3) is 0.333. The number of para-hydroxylation sites is 1. The van der Waals surface area contributed by atoms with Gasteiger partial charge in [-0.05, 0) is 43.9 Å². The molecule has 29 heavy (non-hydrogen) atoms. The topological polar surface area (TPSA) is 51.3 Å². The van der Waals surface area contributed by atoms with Crippen LogP contribution in [0, 0.1) is 0 Å². The number of aliphatic imine (C=N–C) groups is 1. The number of hydrogen-bond acceptors (Lipinski definition) is 3. The number of anilines is 1. The molecule has 0 amide bonds. The van der Waals surface area contributed by atoms with E-state index in [0.29, 0.717) is 6.42 Å². The lowest BCUT2D eigenvalue weighted by molar-refractivity contribution is 0.448. The van der Waals surface area contributed by atoms with Crippen LogP contribution in [-0.2, 0) is 19.9 Å². The minimum Gasteiger partial charge on any atom is -0.324 e. The highest BCUT2D eigenvalue weighted by atomic mass is 16.1. The SMILES string of the molecule is CCc1c(NC2=NC(C)(CC)Cc3ccccc32)n(-c2ccccc2)n(C)c1=O. The van der Waals surface area contributed by atoms with Crippen molar-refractivity contribution in [3.8, 4) is 5.69 Å². The Kier molecular flexibility index (Phi) is 4.91. The molecule has 1 N–H and O–H groups in total. The molecule has 4 rings (SSSR count). The summed E-state index contributed by atoms with van der Waals surface area (Å²) in [6.07, 6.45) is 2.52. The van der Waals surface area contributed by atoms with Gasteiger partial charge < -0.3 is 5.32 Å². The van der Waals surface area contributed by atoms with Gasteiger partial charge in [0.1, 0.15) is 11.7 Å². The molecule has 0 aliphatic carbocycles. The van der Waals surface area contributed by atoms with E-state index in [1.807, 2.05) is 55.1 Å². The molecule has 5 nitrogen and oxygen atoms in total. The lowest BCUT2D eigenvalue weighted by Crippen LogP contribution is -2.34. The molecule has 0 saturated carbocycles. The predicted octanol–water partition coefficient (Wildman–Crippen LogP) is 4.32. The zero-order valence-corrected chi connectivity index (χ0v) is 17.6. The molecule has 1 aromatic heterocycles. The van der Waals surface area contributed by atoms with Crippen LogP contribution in [0.1, 0.15) is 43.9 Å². The summed E-state index contributed by atoms with van der Waals surface area (Å²) in [6, 6.07) is 18.4. The Bertz CT molecular complexity index is 1120. The molecule has 0 fully saturated rings. The maximum Gasteiger partial charge on any atom is 0.272 e. The van der Waals surface area contributed by atoms with Gasteiger partial charge in [0, 0.05) is 12.6 Å². The number of benzene rings is 2. The highest BCUT2D eigenvalue weighted by molar-refractivity contribution is 6.10. The summed E-state index contributed by atoms with van der Waals surface area (Å²) in [5.74, 6) is 1.63. The number of fused-ring (bicyclic) bond motifs is 1. The van der Waals surface area contributed by atoms with Crippen LogP contribution in [0.25, 0.3) is 5.69 Å². The Morgan fingerprint density at radius 3 is 2.45 bits per heavy atom. The Hall–Kier alpha value is -3.08. The fourth-order valence-electron chi connectivity index (χ4n) is 4.08. The normalized spacial score (nSPS) is 18.3. The number of hydrogen-bond donors (Lipinski definition) is 1. The Labute approximate surface area is 171 Å². The van der Waals surface area contributed by atoms with Gasteiger partial charge in [-0.3, -0.25) is 9.79 Å². The number of amidine groups is 1. The van der Waals surface area contributed by atoms with Crippen LogP contribution in [0.5, 0.6) is 0 Å². The van der Waals surface area contributed by atoms with E-state index in [1.54, 1.807) is 4.68 Å². The molecule has 3 aromatic rings. The van der Waals surface area contributed by atoms with Crippen molar-refractivity contribution in [3.63, 3.8) is 0 Å². The molecule has 0 radical (unpaired) electrons. The van der Waals surface area contributed by atoms with Crippen LogP contribution in [0.4, 0.5) is 5.82 Å². The van der Waals surface area contributed by atoms with Crippen LogP contribution in [0.2, 0.25) is 0 Å².